The molecule has 0 aliphatic carbocycles. The molecule has 0 fully saturated rings. The Balaban J connectivity index is 2.82. The molecule has 0 bridgehead atoms. The number of amidine groups is 1. The van der Waals surface area contributed by atoms with Crippen molar-refractivity contribution in [2.45, 2.75) is 26.2 Å². The number of nitrogens with two attached hydrogens (primary N) is 1. The zero-order valence-corrected chi connectivity index (χ0v) is 10.1. The van der Waals surface area contributed by atoms with E-state index in [1.807, 2.05) is 6.92 Å². The van der Waals surface area contributed by atoms with Gasteiger partial charge in [-0.25, -0.2) is 4.39 Å². The summed E-state index contributed by atoms with van der Waals surface area (Å²) in [6.45, 7) is 1.99. The van der Waals surface area contributed by atoms with Crippen LogP contribution in [0.3, 0.4) is 0 Å². The van der Waals surface area contributed by atoms with Crippen molar-refractivity contribution in [3.63, 3.8) is 0 Å². The summed E-state index contributed by atoms with van der Waals surface area (Å²) in [6.07, 6.45) is 2.12. The summed E-state index contributed by atoms with van der Waals surface area (Å²) in [5, 5.41) is 13.9. The second kappa shape index (κ2) is 6.58. The number of benzene rings is 1. The molecular formula is C12H16FN3O2. The molecule has 0 aliphatic heterocycles. The summed E-state index contributed by atoms with van der Waals surface area (Å²) >= 11 is 0. The third kappa shape index (κ3) is 3.73. The van der Waals surface area contributed by atoms with Gasteiger partial charge in [0.2, 0.25) is 5.91 Å². The third-order valence-electron chi connectivity index (χ3n) is 2.39. The van der Waals surface area contributed by atoms with Gasteiger partial charge in [-0.05, 0) is 24.6 Å². The Morgan fingerprint density at radius 2 is 2.28 bits per heavy atom. The van der Waals surface area contributed by atoms with Crippen LogP contribution >= 0.6 is 0 Å². The highest BCUT2D eigenvalue weighted by Crippen LogP contribution is 2.15. The number of unbranched alkanes of at least 4 members (excludes halogenated alkanes) is 1. The van der Waals surface area contributed by atoms with Crippen LogP contribution in [0.15, 0.2) is 23.4 Å². The van der Waals surface area contributed by atoms with Gasteiger partial charge in [0.15, 0.2) is 5.84 Å². The molecule has 0 atom stereocenters. The minimum absolute atomic E-state index is 0.0502. The van der Waals surface area contributed by atoms with Crippen molar-refractivity contribution in [2.24, 2.45) is 10.9 Å². The van der Waals surface area contributed by atoms with Crippen LogP contribution in [0.25, 0.3) is 0 Å². The van der Waals surface area contributed by atoms with E-state index < -0.39 is 5.82 Å². The predicted molar refractivity (Wildman–Crippen MR) is 67.1 cm³/mol. The lowest BCUT2D eigenvalue weighted by atomic mass is 10.1. The molecule has 5 nitrogen and oxygen atoms in total. The topological polar surface area (TPSA) is 87.7 Å². The van der Waals surface area contributed by atoms with Gasteiger partial charge in [-0.2, -0.15) is 0 Å². The Hall–Kier alpha value is -2.11. The Labute approximate surface area is 104 Å². The first kappa shape index (κ1) is 14.0. The van der Waals surface area contributed by atoms with Gasteiger partial charge in [0.05, 0.1) is 5.56 Å². The number of oxime groups is 1. The highest BCUT2D eigenvalue weighted by molar-refractivity contribution is 5.99. The van der Waals surface area contributed by atoms with Crippen molar-refractivity contribution in [3.8, 4) is 0 Å². The van der Waals surface area contributed by atoms with E-state index in [4.69, 9.17) is 10.9 Å². The molecule has 0 saturated heterocycles. The van der Waals surface area contributed by atoms with Crippen LogP contribution in [0.4, 0.5) is 10.1 Å². The Bertz CT molecular complexity index is 461. The minimum Gasteiger partial charge on any atom is -0.409 e. The molecule has 0 saturated carbocycles. The molecule has 1 rings (SSSR count). The van der Waals surface area contributed by atoms with Crippen molar-refractivity contribution < 1.29 is 14.4 Å². The van der Waals surface area contributed by atoms with E-state index in [0.29, 0.717) is 12.1 Å². The maximum Gasteiger partial charge on any atom is 0.224 e. The SMILES string of the molecule is CCCCC(=O)Nc1ccc(F)c(/C(N)=N/O)c1. The van der Waals surface area contributed by atoms with Crippen LogP contribution < -0.4 is 11.1 Å². The molecule has 1 aromatic rings. The lowest BCUT2D eigenvalue weighted by molar-refractivity contribution is -0.116. The smallest absolute Gasteiger partial charge is 0.224 e. The molecule has 1 amide bonds. The first-order valence-corrected chi connectivity index (χ1v) is 5.65. The number of anilines is 1. The molecular weight excluding hydrogens is 237 g/mol. The van der Waals surface area contributed by atoms with Crippen molar-refractivity contribution >= 4 is 17.4 Å². The van der Waals surface area contributed by atoms with Crippen LogP contribution in [0.2, 0.25) is 0 Å². The molecule has 0 spiro atoms. The predicted octanol–water partition coefficient (Wildman–Crippen LogP) is 2.05. The number of nitrogens with zero attached hydrogens (tertiary/aromatic N) is 1. The molecule has 0 radical (unpaired) electrons. The monoisotopic (exact) mass is 253 g/mol. The number of nitrogens with one attached hydrogen (secondary N) is 1. The van der Waals surface area contributed by atoms with Gasteiger partial charge in [-0.15, -0.1) is 0 Å². The van der Waals surface area contributed by atoms with Crippen molar-refractivity contribution in [1.29, 1.82) is 0 Å². The van der Waals surface area contributed by atoms with E-state index in [1.165, 1.54) is 12.1 Å². The summed E-state index contributed by atoms with van der Waals surface area (Å²) in [6, 6.07) is 3.91. The van der Waals surface area contributed by atoms with Crippen LogP contribution in [0, 0.1) is 5.82 Å². The van der Waals surface area contributed by atoms with Crippen molar-refractivity contribution in [1.82, 2.24) is 0 Å². The summed E-state index contributed by atoms with van der Waals surface area (Å²) < 4.78 is 13.4. The van der Waals surface area contributed by atoms with Gasteiger partial charge < -0.3 is 16.3 Å². The summed E-state index contributed by atoms with van der Waals surface area (Å²) in [7, 11) is 0. The van der Waals surface area contributed by atoms with E-state index in [-0.39, 0.29) is 17.3 Å². The third-order valence-corrected chi connectivity index (χ3v) is 2.39. The second-order valence-corrected chi connectivity index (χ2v) is 3.83. The van der Waals surface area contributed by atoms with Crippen LogP contribution in [0.5, 0.6) is 0 Å². The van der Waals surface area contributed by atoms with E-state index in [0.717, 1.165) is 18.9 Å². The molecule has 0 unspecified atom stereocenters. The largest absolute Gasteiger partial charge is 0.409 e. The Morgan fingerprint density at radius 3 is 2.89 bits per heavy atom. The quantitative estimate of drug-likeness (QED) is 0.325. The number of carbonyl (C=O) groups excluding carboxylic acids is 1. The van der Waals surface area contributed by atoms with E-state index >= 15 is 0 Å². The first-order chi connectivity index (χ1) is 8.58. The standard InChI is InChI=1S/C12H16FN3O2/c1-2-3-4-11(17)15-8-5-6-10(13)9(7-8)12(14)16-18/h5-7,18H,2-4H2,1H3,(H2,14,16)(H,15,17). The van der Waals surface area contributed by atoms with Gasteiger partial charge in [0.1, 0.15) is 5.82 Å². The molecule has 6 heteroatoms. The normalized spacial score (nSPS) is 11.3. The molecule has 0 aromatic heterocycles. The lowest BCUT2D eigenvalue weighted by Crippen LogP contribution is -2.17. The highest BCUT2D eigenvalue weighted by atomic mass is 19.1. The van der Waals surface area contributed by atoms with Crippen molar-refractivity contribution in [2.75, 3.05) is 5.32 Å². The van der Waals surface area contributed by atoms with E-state index in [1.54, 1.807) is 0 Å². The zero-order valence-electron chi connectivity index (χ0n) is 10.1. The summed E-state index contributed by atoms with van der Waals surface area (Å²) in [4.78, 5) is 11.5. The summed E-state index contributed by atoms with van der Waals surface area (Å²) in [5.74, 6) is -1.09. The molecule has 0 aliphatic rings. The first-order valence-electron chi connectivity index (χ1n) is 5.65. The average molecular weight is 253 g/mol. The van der Waals surface area contributed by atoms with Gasteiger partial charge in [0.25, 0.3) is 0 Å². The molecule has 0 heterocycles. The fraction of sp³-hybridized carbons (Fsp3) is 0.333. The minimum atomic E-state index is -0.614. The Kier molecular flexibility index (Phi) is 5.10. The number of rotatable bonds is 5. The molecule has 98 valence electrons. The van der Waals surface area contributed by atoms with Crippen LogP contribution in [-0.2, 0) is 4.79 Å². The number of amides is 1. The maximum atomic E-state index is 13.4. The van der Waals surface area contributed by atoms with Gasteiger partial charge in [0, 0.05) is 12.1 Å². The van der Waals surface area contributed by atoms with E-state index in [9.17, 15) is 9.18 Å². The molecule has 1 aromatic carbocycles. The molecule has 4 N–H and O–H groups in total. The second-order valence-electron chi connectivity index (χ2n) is 3.83. The highest BCUT2D eigenvalue weighted by Gasteiger charge is 2.09. The number of carbonyl (C=O) groups is 1. The Morgan fingerprint density at radius 1 is 1.56 bits per heavy atom. The summed E-state index contributed by atoms with van der Waals surface area (Å²) in [5.41, 5.74) is 5.69. The average Bonchev–Trinajstić information content (AvgIpc) is 2.37. The van der Waals surface area contributed by atoms with Crippen LogP contribution in [0.1, 0.15) is 31.7 Å². The van der Waals surface area contributed by atoms with Gasteiger partial charge >= 0.3 is 0 Å². The van der Waals surface area contributed by atoms with Crippen LogP contribution in [-0.4, -0.2) is 17.0 Å². The number of hydrogen-bond donors (Lipinski definition) is 3. The van der Waals surface area contributed by atoms with E-state index in [2.05, 4.69) is 10.5 Å². The number of hydrogen-bond acceptors (Lipinski definition) is 3. The fourth-order valence-corrected chi connectivity index (χ4v) is 1.41. The zero-order chi connectivity index (χ0) is 13.5. The fourth-order valence-electron chi connectivity index (χ4n) is 1.41. The van der Waals surface area contributed by atoms with Gasteiger partial charge in [-0.1, -0.05) is 18.5 Å². The van der Waals surface area contributed by atoms with Crippen molar-refractivity contribution in [3.05, 3.63) is 29.6 Å². The maximum absolute atomic E-state index is 13.4. The van der Waals surface area contributed by atoms with Gasteiger partial charge in [-0.3, -0.25) is 4.79 Å². The number of halogens is 1. The molecule has 18 heavy (non-hydrogen) atoms. The lowest BCUT2D eigenvalue weighted by Gasteiger charge is -2.07.